The summed E-state index contributed by atoms with van der Waals surface area (Å²) in [5.41, 5.74) is 0.780. The summed E-state index contributed by atoms with van der Waals surface area (Å²) >= 11 is 2.27. The first kappa shape index (κ1) is 10.5. The van der Waals surface area contributed by atoms with Gasteiger partial charge in [0, 0.05) is 3.57 Å². The summed E-state index contributed by atoms with van der Waals surface area (Å²) in [6.07, 6.45) is 0.851. The highest BCUT2D eigenvalue weighted by Gasteiger charge is 2.23. The lowest BCUT2D eigenvalue weighted by Crippen LogP contribution is -2.17. The number of nitriles is 1. The predicted molar refractivity (Wildman–Crippen MR) is 62.4 cm³/mol. The van der Waals surface area contributed by atoms with Crippen LogP contribution >= 0.6 is 22.6 Å². The molecule has 1 unspecified atom stereocenters. The van der Waals surface area contributed by atoms with Gasteiger partial charge in [-0.1, -0.05) is 19.1 Å². The summed E-state index contributed by atoms with van der Waals surface area (Å²) in [5.74, 6) is 0. The molecule has 0 radical (unpaired) electrons. The highest BCUT2D eigenvalue weighted by molar-refractivity contribution is 14.1. The quantitative estimate of drug-likeness (QED) is 0.763. The topological polar surface area (TPSA) is 23.8 Å². The lowest BCUT2D eigenvalue weighted by Gasteiger charge is -2.19. The Labute approximate surface area is 92.9 Å². The van der Waals surface area contributed by atoms with Crippen LogP contribution in [-0.2, 0) is 5.41 Å². The molecule has 0 saturated carbocycles. The van der Waals surface area contributed by atoms with Gasteiger partial charge in [0.2, 0.25) is 0 Å². The normalized spacial score (nSPS) is 14.6. The average molecular weight is 285 g/mol. The third-order valence-electron chi connectivity index (χ3n) is 2.44. The zero-order valence-electron chi connectivity index (χ0n) is 7.84. The van der Waals surface area contributed by atoms with Crippen molar-refractivity contribution in [1.29, 1.82) is 5.26 Å². The molecule has 0 fully saturated rings. The van der Waals surface area contributed by atoms with Crippen molar-refractivity contribution >= 4 is 22.6 Å². The van der Waals surface area contributed by atoms with Gasteiger partial charge < -0.3 is 0 Å². The van der Waals surface area contributed by atoms with Crippen LogP contribution in [0.5, 0.6) is 0 Å². The third kappa shape index (κ3) is 2.22. The van der Waals surface area contributed by atoms with Crippen molar-refractivity contribution in [3.05, 3.63) is 33.4 Å². The first-order chi connectivity index (χ1) is 6.12. The van der Waals surface area contributed by atoms with E-state index in [0.717, 1.165) is 12.0 Å². The van der Waals surface area contributed by atoms with Crippen LogP contribution in [0.2, 0.25) is 0 Å². The second-order valence-electron chi connectivity index (χ2n) is 3.30. The van der Waals surface area contributed by atoms with Gasteiger partial charge >= 0.3 is 0 Å². The molecule has 0 aliphatic heterocycles. The minimum atomic E-state index is -0.329. The molecule has 0 amide bonds. The van der Waals surface area contributed by atoms with Crippen molar-refractivity contribution in [2.45, 2.75) is 25.7 Å². The number of rotatable bonds is 2. The van der Waals surface area contributed by atoms with Crippen molar-refractivity contribution in [2.75, 3.05) is 0 Å². The van der Waals surface area contributed by atoms with Gasteiger partial charge in [0.1, 0.15) is 0 Å². The lowest BCUT2D eigenvalue weighted by atomic mass is 9.82. The number of hydrogen-bond acceptors (Lipinski definition) is 1. The lowest BCUT2D eigenvalue weighted by molar-refractivity contribution is 0.587. The summed E-state index contributed by atoms with van der Waals surface area (Å²) in [6, 6.07) is 10.5. The smallest absolute Gasteiger partial charge is 0.0791 e. The standard InChI is InChI=1S/C11H12IN/c1-3-11(2,8-13)9-4-6-10(12)7-5-9/h4-7H,3H2,1-2H3. The molecule has 0 saturated heterocycles. The molecule has 2 heteroatoms. The van der Waals surface area contributed by atoms with Gasteiger partial charge in [0.05, 0.1) is 11.5 Å². The number of nitrogens with zero attached hydrogens (tertiary/aromatic N) is 1. The molecule has 1 atom stereocenters. The number of halogens is 1. The third-order valence-corrected chi connectivity index (χ3v) is 3.15. The Morgan fingerprint density at radius 3 is 2.31 bits per heavy atom. The maximum absolute atomic E-state index is 9.06. The van der Waals surface area contributed by atoms with Crippen LogP contribution in [0.1, 0.15) is 25.8 Å². The van der Waals surface area contributed by atoms with E-state index in [1.165, 1.54) is 3.57 Å². The predicted octanol–water partition coefficient (Wildman–Crippen LogP) is 3.48. The van der Waals surface area contributed by atoms with Crippen LogP contribution in [0.25, 0.3) is 0 Å². The minimum absolute atomic E-state index is 0.329. The summed E-state index contributed by atoms with van der Waals surface area (Å²) in [5, 5.41) is 9.06. The second-order valence-corrected chi connectivity index (χ2v) is 4.55. The fourth-order valence-corrected chi connectivity index (χ4v) is 1.53. The van der Waals surface area contributed by atoms with E-state index in [0.29, 0.717) is 0 Å². The van der Waals surface area contributed by atoms with E-state index in [4.69, 9.17) is 5.26 Å². The Morgan fingerprint density at radius 2 is 1.92 bits per heavy atom. The van der Waals surface area contributed by atoms with E-state index in [-0.39, 0.29) is 5.41 Å². The Bertz CT molecular complexity index is 323. The molecular weight excluding hydrogens is 273 g/mol. The van der Waals surface area contributed by atoms with Crippen molar-refractivity contribution in [3.63, 3.8) is 0 Å². The maximum Gasteiger partial charge on any atom is 0.0791 e. The Hall–Kier alpha value is -0.560. The van der Waals surface area contributed by atoms with E-state index in [2.05, 4.69) is 28.7 Å². The maximum atomic E-state index is 9.06. The largest absolute Gasteiger partial charge is 0.197 e. The van der Waals surface area contributed by atoms with Crippen LogP contribution in [-0.4, -0.2) is 0 Å². The Kier molecular flexibility index (Phi) is 3.32. The molecular formula is C11H12IN. The van der Waals surface area contributed by atoms with Gasteiger partial charge in [-0.25, -0.2) is 0 Å². The van der Waals surface area contributed by atoms with Crippen LogP contribution < -0.4 is 0 Å². The van der Waals surface area contributed by atoms with Crippen LogP contribution in [0.3, 0.4) is 0 Å². The molecule has 0 bridgehead atoms. The summed E-state index contributed by atoms with van der Waals surface area (Å²) < 4.78 is 1.21. The van der Waals surface area contributed by atoms with Gasteiger partial charge in [-0.05, 0) is 53.6 Å². The molecule has 0 N–H and O–H groups in total. The molecule has 1 aromatic rings. The zero-order valence-corrected chi connectivity index (χ0v) is 10.00. The molecule has 0 spiro atoms. The van der Waals surface area contributed by atoms with Crippen molar-refractivity contribution in [3.8, 4) is 6.07 Å². The van der Waals surface area contributed by atoms with E-state index in [9.17, 15) is 0 Å². The second kappa shape index (κ2) is 4.10. The molecule has 13 heavy (non-hydrogen) atoms. The Balaban J connectivity index is 3.08. The molecule has 68 valence electrons. The molecule has 0 aliphatic rings. The zero-order chi connectivity index (χ0) is 9.90. The van der Waals surface area contributed by atoms with Crippen LogP contribution in [0.4, 0.5) is 0 Å². The first-order valence-electron chi connectivity index (χ1n) is 4.29. The van der Waals surface area contributed by atoms with Crippen LogP contribution in [0, 0.1) is 14.9 Å². The fourth-order valence-electron chi connectivity index (χ4n) is 1.17. The summed E-state index contributed by atoms with van der Waals surface area (Å²) in [6.45, 7) is 4.02. The molecule has 0 heterocycles. The Morgan fingerprint density at radius 1 is 1.38 bits per heavy atom. The van der Waals surface area contributed by atoms with Crippen molar-refractivity contribution in [2.24, 2.45) is 0 Å². The van der Waals surface area contributed by atoms with E-state index < -0.39 is 0 Å². The molecule has 0 aliphatic carbocycles. The molecule has 1 aromatic carbocycles. The minimum Gasteiger partial charge on any atom is -0.197 e. The first-order valence-corrected chi connectivity index (χ1v) is 5.37. The average Bonchev–Trinajstić information content (AvgIpc) is 2.18. The van der Waals surface area contributed by atoms with E-state index >= 15 is 0 Å². The summed E-state index contributed by atoms with van der Waals surface area (Å²) in [7, 11) is 0. The summed E-state index contributed by atoms with van der Waals surface area (Å²) in [4.78, 5) is 0. The highest BCUT2D eigenvalue weighted by atomic mass is 127. The SMILES string of the molecule is CCC(C)(C#N)c1ccc(I)cc1. The van der Waals surface area contributed by atoms with E-state index in [1.54, 1.807) is 0 Å². The number of benzene rings is 1. The van der Waals surface area contributed by atoms with Gasteiger partial charge in [-0.2, -0.15) is 5.26 Å². The molecule has 0 aromatic heterocycles. The molecule has 1 rings (SSSR count). The highest BCUT2D eigenvalue weighted by Crippen LogP contribution is 2.26. The van der Waals surface area contributed by atoms with Gasteiger partial charge in [0.25, 0.3) is 0 Å². The number of hydrogen-bond donors (Lipinski definition) is 0. The van der Waals surface area contributed by atoms with Gasteiger partial charge in [-0.3, -0.25) is 0 Å². The van der Waals surface area contributed by atoms with Gasteiger partial charge in [-0.15, -0.1) is 0 Å². The monoisotopic (exact) mass is 285 g/mol. The van der Waals surface area contributed by atoms with Crippen molar-refractivity contribution in [1.82, 2.24) is 0 Å². The van der Waals surface area contributed by atoms with Crippen molar-refractivity contribution < 1.29 is 0 Å². The molecule has 1 nitrogen and oxygen atoms in total. The fraction of sp³-hybridized carbons (Fsp3) is 0.364. The van der Waals surface area contributed by atoms with Crippen LogP contribution in [0.15, 0.2) is 24.3 Å². The van der Waals surface area contributed by atoms with E-state index in [1.807, 2.05) is 38.1 Å². The van der Waals surface area contributed by atoms with Gasteiger partial charge in [0.15, 0.2) is 0 Å².